The van der Waals surface area contributed by atoms with E-state index in [9.17, 15) is 4.79 Å². The van der Waals surface area contributed by atoms with Crippen molar-refractivity contribution < 1.29 is 4.79 Å². The first-order valence-corrected chi connectivity index (χ1v) is 6.35. The van der Waals surface area contributed by atoms with Gasteiger partial charge in [-0.15, -0.1) is 0 Å². The van der Waals surface area contributed by atoms with E-state index in [0.717, 1.165) is 38.9 Å². The van der Waals surface area contributed by atoms with Gasteiger partial charge in [-0.3, -0.25) is 4.90 Å². The fourth-order valence-electron chi connectivity index (χ4n) is 2.02. The van der Waals surface area contributed by atoms with Crippen molar-refractivity contribution >= 4 is 5.78 Å². The fourth-order valence-corrected chi connectivity index (χ4v) is 2.02. The molecule has 0 heterocycles. The minimum absolute atomic E-state index is 0.310. The molecule has 0 aromatic carbocycles. The van der Waals surface area contributed by atoms with E-state index in [1.54, 1.807) is 6.92 Å². The molecule has 0 radical (unpaired) electrons. The number of carbonyl (C=O) groups excluding carboxylic acids is 1. The first-order valence-electron chi connectivity index (χ1n) is 6.35. The third kappa shape index (κ3) is 7.83. The minimum atomic E-state index is 0.310. The van der Waals surface area contributed by atoms with Gasteiger partial charge in [-0.1, -0.05) is 6.92 Å². The summed E-state index contributed by atoms with van der Waals surface area (Å²) in [5, 5.41) is 0. The molecule has 3 nitrogen and oxygen atoms in total. The van der Waals surface area contributed by atoms with Crippen LogP contribution in [0.15, 0.2) is 0 Å². The van der Waals surface area contributed by atoms with E-state index in [4.69, 9.17) is 0 Å². The molecular weight excluding hydrogens is 200 g/mol. The highest BCUT2D eigenvalue weighted by atomic mass is 16.1. The molecular formula is C13H28N2O. The van der Waals surface area contributed by atoms with Crippen LogP contribution in [0.4, 0.5) is 0 Å². The van der Waals surface area contributed by atoms with E-state index < -0.39 is 0 Å². The third-order valence-electron chi connectivity index (χ3n) is 2.88. The molecule has 0 rings (SSSR count). The lowest BCUT2D eigenvalue weighted by Gasteiger charge is -2.29. The molecule has 3 heteroatoms. The number of Topliss-reactive ketones (excluding diaryl/α,β-unsaturated/α-hetero) is 1. The summed E-state index contributed by atoms with van der Waals surface area (Å²) in [5.74, 6) is 0.310. The Balaban J connectivity index is 3.77. The topological polar surface area (TPSA) is 23.6 Å². The molecule has 1 atom stereocenters. The summed E-state index contributed by atoms with van der Waals surface area (Å²) in [5.41, 5.74) is 0. The number of nitrogens with zero attached hydrogens (tertiary/aromatic N) is 2. The molecule has 0 amide bonds. The second-order valence-electron chi connectivity index (χ2n) is 4.90. The van der Waals surface area contributed by atoms with Gasteiger partial charge in [0.25, 0.3) is 0 Å². The highest BCUT2D eigenvalue weighted by Crippen LogP contribution is 2.04. The first-order chi connectivity index (χ1) is 7.47. The van der Waals surface area contributed by atoms with Crippen LogP contribution in [0.5, 0.6) is 0 Å². The van der Waals surface area contributed by atoms with E-state index in [0.29, 0.717) is 11.8 Å². The van der Waals surface area contributed by atoms with Crippen LogP contribution in [0, 0.1) is 0 Å². The number of rotatable bonds is 9. The molecule has 0 saturated carbocycles. The van der Waals surface area contributed by atoms with Crippen molar-refractivity contribution in [3.05, 3.63) is 0 Å². The number of hydrogen-bond acceptors (Lipinski definition) is 3. The number of unbranched alkanes of at least 4 members (excludes halogenated alkanes) is 1. The van der Waals surface area contributed by atoms with Crippen LogP contribution in [-0.2, 0) is 4.79 Å². The number of carbonyl (C=O) groups is 1. The summed E-state index contributed by atoms with van der Waals surface area (Å²) in [7, 11) is 4.22. The molecule has 0 bridgehead atoms. The maximum Gasteiger partial charge on any atom is 0.129 e. The Morgan fingerprint density at radius 2 is 1.88 bits per heavy atom. The Bertz CT molecular complexity index is 192. The zero-order chi connectivity index (χ0) is 12.6. The van der Waals surface area contributed by atoms with Crippen LogP contribution in [0.25, 0.3) is 0 Å². The predicted molar refractivity (Wildman–Crippen MR) is 69.8 cm³/mol. The van der Waals surface area contributed by atoms with Crippen LogP contribution in [0.3, 0.4) is 0 Å². The van der Waals surface area contributed by atoms with Gasteiger partial charge in [-0.2, -0.15) is 0 Å². The van der Waals surface area contributed by atoms with Crippen molar-refractivity contribution in [2.45, 2.75) is 46.1 Å². The average Bonchev–Trinajstić information content (AvgIpc) is 2.16. The molecule has 0 aromatic heterocycles. The molecule has 0 aliphatic carbocycles. The second kappa shape index (κ2) is 8.71. The Hall–Kier alpha value is -0.410. The summed E-state index contributed by atoms with van der Waals surface area (Å²) < 4.78 is 0. The molecule has 0 fully saturated rings. The molecule has 0 aliphatic heterocycles. The number of hydrogen-bond donors (Lipinski definition) is 0. The summed E-state index contributed by atoms with van der Waals surface area (Å²) in [4.78, 5) is 15.5. The average molecular weight is 228 g/mol. The Labute approximate surface area is 101 Å². The van der Waals surface area contributed by atoms with Gasteiger partial charge in [0.1, 0.15) is 5.78 Å². The Morgan fingerprint density at radius 3 is 2.31 bits per heavy atom. The highest BCUT2D eigenvalue weighted by Gasteiger charge is 2.12. The zero-order valence-corrected chi connectivity index (χ0v) is 11.6. The van der Waals surface area contributed by atoms with Crippen molar-refractivity contribution in [2.75, 3.05) is 33.7 Å². The van der Waals surface area contributed by atoms with Crippen molar-refractivity contribution in [3.8, 4) is 0 Å². The lowest BCUT2D eigenvalue weighted by Crippen LogP contribution is -2.40. The minimum Gasteiger partial charge on any atom is -0.308 e. The monoisotopic (exact) mass is 228 g/mol. The quantitative estimate of drug-likeness (QED) is 0.564. The first kappa shape index (κ1) is 15.6. The molecule has 1 unspecified atom stereocenters. The van der Waals surface area contributed by atoms with E-state index in [2.05, 4.69) is 37.7 Å². The van der Waals surface area contributed by atoms with Crippen molar-refractivity contribution in [3.63, 3.8) is 0 Å². The normalized spacial score (nSPS) is 13.4. The van der Waals surface area contributed by atoms with Gasteiger partial charge in [0.05, 0.1) is 0 Å². The second-order valence-corrected chi connectivity index (χ2v) is 4.90. The van der Waals surface area contributed by atoms with Crippen molar-refractivity contribution in [1.29, 1.82) is 0 Å². The molecule has 16 heavy (non-hydrogen) atoms. The molecule has 0 N–H and O–H groups in total. The number of likely N-dealkylation sites (N-methyl/N-ethyl adjacent to an activating group) is 2. The van der Waals surface area contributed by atoms with Gasteiger partial charge in [-0.25, -0.2) is 0 Å². The van der Waals surface area contributed by atoms with E-state index >= 15 is 0 Å². The van der Waals surface area contributed by atoms with Gasteiger partial charge >= 0.3 is 0 Å². The maximum absolute atomic E-state index is 10.8. The van der Waals surface area contributed by atoms with Crippen LogP contribution in [-0.4, -0.2) is 55.4 Å². The van der Waals surface area contributed by atoms with E-state index in [-0.39, 0.29) is 0 Å². The zero-order valence-electron chi connectivity index (χ0n) is 11.6. The standard InChI is InChI=1S/C13H28N2O/c1-6-15(12(2)11-14(4)5)10-8-7-9-13(3)16/h12H,6-11H2,1-5H3. The van der Waals surface area contributed by atoms with Crippen LogP contribution in [0.2, 0.25) is 0 Å². The Morgan fingerprint density at radius 1 is 1.25 bits per heavy atom. The van der Waals surface area contributed by atoms with E-state index in [1.807, 2.05) is 0 Å². The van der Waals surface area contributed by atoms with Crippen molar-refractivity contribution in [2.24, 2.45) is 0 Å². The smallest absolute Gasteiger partial charge is 0.129 e. The van der Waals surface area contributed by atoms with Gasteiger partial charge < -0.3 is 9.69 Å². The van der Waals surface area contributed by atoms with Crippen molar-refractivity contribution in [1.82, 2.24) is 9.80 Å². The van der Waals surface area contributed by atoms with Crippen LogP contribution >= 0.6 is 0 Å². The molecule has 0 aromatic rings. The lowest BCUT2D eigenvalue weighted by molar-refractivity contribution is -0.117. The summed E-state index contributed by atoms with van der Waals surface area (Å²) in [6, 6.07) is 0.595. The fraction of sp³-hybridized carbons (Fsp3) is 0.923. The lowest BCUT2D eigenvalue weighted by atomic mass is 10.1. The Kier molecular flexibility index (Phi) is 8.49. The predicted octanol–water partition coefficient (Wildman–Crippen LogP) is 2.02. The molecule has 0 spiro atoms. The SMILES string of the molecule is CCN(CCCCC(C)=O)C(C)CN(C)C. The molecule has 96 valence electrons. The molecule has 0 saturated heterocycles. The summed E-state index contributed by atoms with van der Waals surface area (Å²) in [6.07, 6.45) is 2.89. The van der Waals surface area contributed by atoms with Gasteiger partial charge in [0.2, 0.25) is 0 Å². The number of ketones is 1. The van der Waals surface area contributed by atoms with E-state index in [1.165, 1.54) is 0 Å². The van der Waals surface area contributed by atoms with Gasteiger partial charge in [0.15, 0.2) is 0 Å². The maximum atomic E-state index is 10.8. The van der Waals surface area contributed by atoms with Crippen LogP contribution in [0.1, 0.15) is 40.0 Å². The summed E-state index contributed by atoms with van der Waals surface area (Å²) in [6.45, 7) is 9.45. The largest absolute Gasteiger partial charge is 0.308 e. The third-order valence-corrected chi connectivity index (χ3v) is 2.88. The van der Waals surface area contributed by atoms with Gasteiger partial charge in [-0.05, 0) is 53.9 Å². The summed E-state index contributed by atoms with van der Waals surface area (Å²) >= 11 is 0. The highest BCUT2D eigenvalue weighted by molar-refractivity contribution is 5.75. The van der Waals surface area contributed by atoms with Gasteiger partial charge in [0, 0.05) is 19.0 Å². The molecule has 0 aliphatic rings. The van der Waals surface area contributed by atoms with Crippen LogP contribution < -0.4 is 0 Å².